The summed E-state index contributed by atoms with van der Waals surface area (Å²) in [5.41, 5.74) is 4.30. The second kappa shape index (κ2) is 7.22. The molecule has 0 amide bonds. The van der Waals surface area contributed by atoms with Crippen LogP contribution in [0, 0.1) is 5.41 Å². The van der Waals surface area contributed by atoms with Gasteiger partial charge in [-0.2, -0.15) is 0 Å². The van der Waals surface area contributed by atoms with Gasteiger partial charge in [0, 0.05) is 12.6 Å². The number of nitrogens with two attached hydrogens (primary N) is 1. The zero-order chi connectivity index (χ0) is 15.3. The van der Waals surface area contributed by atoms with Crippen molar-refractivity contribution in [2.24, 2.45) is 11.1 Å². The van der Waals surface area contributed by atoms with E-state index in [0.29, 0.717) is 13.0 Å². The Labute approximate surface area is 116 Å². The first-order valence-corrected chi connectivity index (χ1v) is 6.73. The van der Waals surface area contributed by atoms with E-state index in [1.807, 2.05) is 6.92 Å². The molecule has 0 saturated heterocycles. The van der Waals surface area contributed by atoms with E-state index in [1.54, 1.807) is 34.6 Å². The van der Waals surface area contributed by atoms with Gasteiger partial charge in [-0.1, -0.05) is 0 Å². The maximum absolute atomic E-state index is 11.8. The van der Waals surface area contributed by atoms with Crippen molar-refractivity contribution in [2.45, 2.75) is 65.7 Å². The highest BCUT2D eigenvalue weighted by atomic mass is 16.6. The Hall–Kier alpha value is -0.650. The minimum Gasteiger partial charge on any atom is -0.462 e. The zero-order valence-electron chi connectivity index (χ0n) is 13.0. The first kappa shape index (κ1) is 18.4. The molecule has 0 aliphatic rings. The summed E-state index contributed by atoms with van der Waals surface area (Å²) in [6, 6.07) is -0.272. The van der Waals surface area contributed by atoms with Crippen LogP contribution in [0.4, 0.5) is 0 Å². The number of carbonyl (C=O) groups is 1. The summed E-state index contributed by atoms with van der Waals surface area (Å²) in [6.45, 7) is 11.2. The summed E-state index contributed by atoms with van der Waals surface area (Å²) in [5.74, 6) is -0.319. The number of carbonyl (C=O) groups excluding carboxylic acids is 1. The molecule has 0 saturated carbocycles. The predicted octanol–water partition coefficient (Wildman–Crippen LogP) is 1.47. The van der Waals surface area contributed by atoms with Gasteiger partial charge in [-0.05, 0) is 48.0 Å². The monoisotopic (exact) mass is 275 g/mol. The van der Waals surface area contributed by atoms with Crippen molar-refractivity contribution in [3.8, 4) is 0 Å². The van der Waals surface area contributed by atoms with E-state index in [0.717, 1.165) is 0 Å². The van der Waals surface area contributed by atoms with Crippen molar-refractivity contribution < 1.29 is 19.4 Å². The standard InChI is InChI=1S/C14H29NO4/c1-10(18-8-7-13(3,4)17)9-19-12(16)14(5,6)11(2)15/h10-11,17H,7-9,15H2,1-6H3. The lowest BCUT2D eigenvalue weighted by molar-refractivity contribution is -0.159. The van der Waals surface area contributed by atoms with Gasteiger partial charge in [0.05, 0.1) is 17.1 Å². The number of hydrogen-bond donors (Lipinski definition) is 2. The van der Waals surface area contributed by atoms with Gasteiger partial charge in [-0.15, -0.1) is 0 Å². The summed E-state index contributed by atoms with van der Waals surface area (Å²) in [7, 11) is 0. The van der Waals surface area contributed by atoms with Gasteiger partial charge in [0.1, 0.15) is 6.61 Å². The molecule has 19 heavy (non-hydrogen) atoms. The third-order valence-electron chi connectivity index (χ3n) is 3.23. The molecule has 5 nitrogen and oxygen atoms in total. The van der Waals surface area contributed by atoms with Crippen LogP contribution in [0.1, 0.15) is 48.0 Å². The van der Waals surface area contributed by atoms with Crippen molar-refractivity contribution in [3.05, 3.63) is 0 Å². The molecule has 0 aliphatic heterocycles. The highest BCUT2D eigenvalue weighted by molar-refractivity contribution is 5.76. The summed E-state index contributed by atoms with van der Waals surface area (Å²) in [5, 5.41) is 9.54. The molecule has 0 aliphatic carbocycles. The van der Waals surface area contributed by atoms with Crippen molar-refractivity contribution in [3.63, 3.8) is 0 Å². The third-order valence-corrected chi connectivity index (χ3v) is 3.23. The maximum Gasteiger partial charge on any atom is 0.313 e. The quantitative estimate of drug-likeness (QED) is 0.656. The van der Waals surface area contributed by atoms with Crippen molar-refractivity contribution >= 4 is 5.97 Å². The Kier molecular flexibility index (Phi) is 6.97. The Morgan fingerprint density at radius 1 is 1.26 bits per heavy atom. The van der Waals surface area contributed by atoms with Crippen LogP contribution in [0.3, 0.4) is 0 Å². The molecule has 0 aromatic heterocycles. The fourth-order valence-electron chi connectivity index (χ4n) is 1.12. The SMILES string of the molecule is CC(COC(=O)C(C)(C)C(C)N)OCCC(C)(C)O. The molecule has 0 fully saturated rings. The van der Waals surface area contributed by atoms with Gasteiger partial charge in [0.2, 0.25) is 0 Å². The van der Waals surface area contributed by atoms with E-state index in [4.69, 9.17) is 15.2 Å². The van der Waals surface area contributed by atoms with Gasteiger partial charge >= 0.3 is 5.97 Å². The number of hydrogen-bond acceptors (Lipinski definition) is 5. The van der Waals surface area contributed by atoms with Gasteiger partial charge in [-0.3, -0.25) is 4.79 Å². The predicted molar refractivity (Wildman–Crippen MR) is 74.7 cm³/mol. The first-order chi connectivity index (χ1) is 8.47. The molecule has 0 bridgehead atoms. The smallest absolute Gasteiger partial charge is 0.313 e. The summed E-state index contributed by atoms with van der Waals surface area (Å²) in [4.78, 5) is 11.8. The molecule has 2 atom stereocenters. The molecule has 0 heterocycles. The average molecular weight is 275 g/mol. The number of aliphatic hydroxyl groups is 1. The molecule has 3 N–H and O–H groups in total. The Bertz CT molecular complexity index is 282. The summed E-state index contributed by atoms with van der Waals surface area (Å²) < 4.78 is 10.7. The van der Waals surface area contributed by atoms with E-state index >= 15 is 0 Å². The molecule has 0 spiro atoms. The summed E-state index contributed by atoms with van der Waals surface area (Å²) in [6.07, 6.45) is 0.339. The minimum absolute atomic E-state index is 0.195. The first-order valence-electron chi connectivity index (χ1n) is 6.73. The molecule has 114 valence electrons. The lowest BCUT2D eigenvalue weighted by Gasteiger charge is -2.27. The molecule has 0 radical (unpaired) electrons. The van der Waals surface area contributed by atoms with Crippen LogP contribution in [0.2, 0.25) is 0 Å². The van der Waals surface area contributed by atoms with Crippen LogP contribution in [-0.4, -0.2) is 42.0 Å². The van der Waals surface area contributed by atoms with E-state index in [2.05, 4.69) is 0 Å². The second-order valence-corrected chi connectivity index (χ2v) is 6.35. The third kappa shape index (κ3) is 7.50. The van der Waals surface area contributed by atoms with Gasteiger partial charge in [0.15, 0.2) is 0 Å². The lowest BCUT2D eigenvalue weighted by atomic mass is 9.86. The Morgan fingerprint density at radius 2 is 1.79 bits per heavy atom. The van der Waals surface area contributed by atoms with E-state index in [1.165, 1.54) is 0 Å². The van der Waals surface area contributed by atoms with Crippen molar-refractivity contribution in [1.82, 2.24) is 0 Å². The normalized spacial score (nSPS) is 16.0. The fraction of sp³-hybridized carbons (Fsp3) is 0.929. The fourth-order valence-corrected chi connectivity index (χ4v) is 1.12. The van der Waals surface area contributed by atoms with Gasteiger partial charge in [0.25, 0.3) is 0 Å². The largest absolute Gasteiger partial charge is 0.462 e. The molecular formula is C14H29NO4. The van der Waals surface area contributed by atoms with Crippen LogP contribution in [0.25, 0.3) is 0 Å². The molecule has 2 unspecified atom stereocenters. The van der Waals surface area contributed by atoms with Crippen LogP contribution < -0.4 is 5.73 Å². The number of esters is 1. The van der Waals surface area contributed by atoms with Crippen LogP contribution in [0.15, 0.2) is 0 Å². The molecule has 0 aromatic rings. The lowest BCUT2D eigenvalue weighted by Crippen LogP contribution is -2.42. The van der Waals surface area contributed by atoms with E-state index in [9.17, 15) is 9.90 Å². The van der Waals surface area contributed by atoms with E-state index in [-0.39, 0.29) is 24.7 Å². The van der Waals surface area contributed by atoms with Crippen LogP contribution in [-0.2, 0) is 14.3 Å². The van der Waals surface area contributed by atoms with Crippen molar-refractivity contribution in [1.29, 1.82) is 0 Å². The Morgan fingerprint density at radius 3 is 2.21 bits per heavy atom. The highest BCUT2D eigenvalue weighted by Gasteiger charge is 2.33. The molecule has 5 heteroatoms. The van der Waals surface area contributed by atoms with Gasteiger partial charge < -0.3 is 20.3 Å². The van der Waals surface area contributed by atoms with Crippen LogP contribution in [0.5, 0.6) is 0 Å². The maximum atomic E-state index is 11.8. The van der Waals surface area contributed by atoms with Crippen LogP contribution >= 0.6 is 0 Å². The molecular weight excluding hydrogens is 246 g/mol. The van der Waals surface area contributed by atoms with E-state index < -0.39 is 11.0 Å². The highest BCUT2D eigenvalue weighted by Crippen LogP contribution is 2.21. The molecule has 0 rings (SSSR count). The van der Waals surface area contributed by atoms with Gasteiger partial charge in [-0.25, -0.2) is 0 Å². The molecule has 0 aromatic carbocycles. The minimum atomic E-state index is -0.743. The van der Waals surface area contributed by atoms with Crippen molar-refractivity contribution in [2.75, 3.05) is 13.2 Å². The number of ether oxygens (including phenoxy) is 2. The zero-order valence-corrected chi connectivity index (χ0v) is 13.0. The topological polar surface area (TPSA) is 81.8 Å². The summed E-state index contributed by atoms with van der Waals surface area (Å²) >= 11 is 0. The average Bonchev–Trinajstić information content (AvgIpc) is 2.23. The number of rotatable bonds is 8. The Balaban J connectivity index is 3.97. The second-order valence-electron chi connectivity index (χ2n) is 6.35.